The molecular formula is C16H22F4N4O5. The smallest absolute Gasteiger partial charge is 0.384 e. The average Bonchev–Trinajstić information content (AvgIpc) is 3.05. The second-order valence-corrected chi connectivity index (χ2v) is 4.53. The number of ether oxygens (including phenoxy) is 2. The van der Waals surface area contributed by atoms with Crippen LogP contribution in [0.25, 0.3) is 0 Å². The predicted molar refractivity (Wildman–Crippen MR) is 92.8 cm³/mol. The van der Waals surface area contributed by atoms with Crippen LogP contribution in [-0.2, 0) is 26.1 Å². The molecule has 0 fully saturated rings. The number of halogens is 4. The number of nitrogens with zero attached hydrogens (tertiary/aromatic N) is 2. The molecule has 1 aromatic rings. The maximum atomic E-state index is 12.4. The first kappa shape index (κ1) is 28.1. The maximum Gasteiger partial charge on any atom is 0.384 e. The van der Waals surface area contributed by atoms with Crippen molar-refractivity contribution in [3.63, 3.8) is 0 Å². The SMILES string of the molecule is C#CC(=O)OCC.CCOC(=O)c1cn(C)nc1C(F)F.CNNC(=O)C(F)F. The number of esters is 2. The van der Waals surface area contributed by atoms with E-state index in [0.29, 0.717) is 6.61 Å². The monoisotopic (exact) mass is 426 g/mol. The molecule has 0 saturated heterocycles. The summed E-state index contributed by atoms with van der Waals surface area (Å²) in [4.78, 5) is 30.9. The minimum atomic E-state index is -2.94. The van der Waals surface area contributed by atoms with Crippen LogP contribution in [0.5, 0.6) is 0 Å². The zero-order chi connectivity index (χ0) is 23.0. The van der Waals surface area contributed by atoms with Crippen LogP contribution in [0.1, 0.15) is 36.3 Å². The van der Waals surface area contributed by atoms with E-state index in [1.165, 1.54) is 20.3 Å². The van der Waals surface area contributed by atoms with Gasteiger partial charge in [-0.1, -0.05) is 0 Å². The van der Waals surface area contributed by atoms with Crippen molar-refractivity contribution >= 4 is 17.8 Å². The number of hydrazine groups is 1. The Morgan fingerprint density at radius 2 is 1.76 bits per heavy atom. The van der Waals surface area contributed by atoms with Crippen molar-refractivity contribution in [1.29, 1.82) is 0 Å². The first-order chi connectivity index (χ1) is 13.5. The summed E-state index contributed by atoms with van der Waals surface area (Å²) in [6, 6.07) is 0. The highest BCUT2D eigenvalue weighted by Gasteiger charge is 2.23. The molecule has 1 heterocycles. The summed E-state index contributed by atoms with van der Waals surface area (Å²) in [6.07, 6.45) is 0.145. The summed E-state index contributed by atoms with van der Waals surface area (Å²) in [5.74, 6) is -0.870. The van der Waals surface area contributed by atoms with Gasteiger partial charge < -0.3 is 9.47 Å². The first-order valence-electron chi connectivity index (χ1n) is 7.92. The van der Waals surface area contributed by atoms with Crippen molar-refractivity contribution in [1.82, 2.24) is 20.6 Å². The molecule has 0 radical (unpaired) electrons. The number of hydrogen-bond donors (Lipinski definition) is 2. The zero-order valence-corrected chi connectivity index (χ0v) is 16.2. The lowest BCUT2D eigenvalue weighted by molar-refractivity contribution is -0.136. The van der Waals surface area contributed by atoms with Crippen molar-refractivity contribution in [2.75, 3.05) is 20.3 Å². The van der Waals surface area contributed by atoms with Crippen LogP contribution in [0.15, 0.2) is 6.20 Å². The number of nitrogens with one attached hydrogen (secondary N) is 2. The van der Waals surface area contributed by atoms with Crippen LogP contribution in [0, 0.1) is 12.3 Å². The second kappa shape index (κ2) is 15.9. The average molecular weight is 426 g/mol. The molecule has 0 aliphatic rings. The van der Waals surface area contributed by atoms with Crippen molar-refractivity contribution in [2.24, 2.45) is 7.05 Å². The number of carbonyl (C=O) groups is 3. The Balaban J connectivity index is 0. The maximum absolute atomic E-state index is 12.4. The van der Waals surface area contributed by atoms with Gasteiger partial charge in [0.1, 0.15) is 11.3 Å². The van der Waals surface area contributed by atoms with E-state index in [4.69, 9.17) is 0 Å². The van der Waals surface area contributed by atoms with Crippen LogP contribution in [0.4, 0.5) is 17.6 Å². The van der Waals surface area contributed by atoms with E-state index >= 15 is 0 Å². The molecule has 0 bridgehead atoms. The fraction of sp³-hybridized carbons (Fsp3) is 0.500. The summed E-state index contributed by atoms with van der Waals surface area (Å²) < 4.78 is 57.1. The molecule has 164 valence electrons. The molecule has 13 heteroatoms. The van der Waals surface area contributed by atoms with Gasteiger partial charge in [0.2, 0.25) is 0 Å². The fourth-order valence-corrected chi connectivity index (χ4v) is 1.38. The number of alkyl halides is 4. The predicted octanol–water partition coefficient (Wildman–Crippen LogP) is 1.22. The Morgan fingerprint density at radius 3 is 2.07 bits per heavy atom. The summed E-state index contributed by atoms with van der Waals surface area (Å²) in [6.45, 7) is 3.81. The molecular weight excluding hydrogens is 404 g/mol. The van der Waals surface area contributed by atoms with Crippen molar-refractivity contribution in [2.45, 2.75) is 26.7 Å². The highest BCUT2D eigenvalue weighted by Crippen LogP contribution is 2.21. The van der Waals surface area contributed by atoms with E-state index in [1.807, 2.05) is 0 Å². The Kier molecular flexibility index (Phi) is 15.4. The van der Waals surface area contributed by atoms with Gasteiger partial charge in [-0.3, -0.25) is 14.9 Å². The number of amides is 1. The Labute approximate surface area is 164 Å². The molecule has 0 saturated carbocycles. The molecule has 1 aromatic heterocycles. The Bertz CT molecular complexity index is 689. The first-order valence-corrected chi connectivity index (χ1v) is 7.92. The van der Waals surface area contributed by atoms with Gasteiger partial charge in [-0.15, -0.1) is 6.42 Å². The normalized spacial score (nSPS) is 9.41. The fourth-order valence-electron chi connectivity index (χ4n) is 1.38. The van der Waals surface area contributed by atoms with Gasteiger partial charge in [0.15, 0.2) is 0 Å². The Morgan fingerprint density at radius 1 is 1.21 bits per heavy atom. The molecule has 29 heavy (non-hydrogen) atoms. The van der Waals surface area contributed by atoms with Crippen molar-refractivity contribution < 1.29 is 41.4 Å². The lowest BCUT2D eigenvalue weighted by Crippen LogP contribution is -2.38. The summed E-state index contributed by atoms with van der Waals surface area (Å²) in [7, 11) is 2.80. The van der Waals surface area contributed by atoms with Crippen LogP contribution in [-0.4, -0.2) is 54.3 Å². The van der Waals surface area contributed by atoms with Crippen LogP contribution < -0.4 is 10.9 Å². The van der Waals surface area contributed by atoms with E-state index in [0.717, 1.165) is 4.68 Å². The van der Waals surface area contributed by atoms with Gasteiger partial charge in [0, 0.05) is 26.2 Å². The minimum Gasteiger partial charge on any atom is -0.462 e. The van der Waals surface area contributed by atoms with Crippen LogP contribution >= 0.6 is 0 Å². The molecule has 0 aromatic carbocycles. The third-order valence-electron chi connectivity index (χ3n) is 2.40. The van der Waals surface area contributed by atoms with Gasteiger partial charge in [-0.25, -0.2) is 23.8 Å². The van der Waals surface area contributed by atoms with Gasteiger partial charge in [-0.05, 0) is 13.8 Å². The number of carbonyl (C=O) groups excluding carboxylic acids is 3. The van der Waals surface area contributed by atoms with Gasteiger partial charge in [-0.2, -0.15) is 13.9 Å². The number of hydrogen-bond acceptors (Lipinski definition) is 7. The van der Waals surface area contributed by atoms with Crippen molar-refractivity contribution in [3.05, 3.63) is 17.5 Å². The van der Waals surface area contributed by atoms with Crippen LogP contribution in [0.2, 0.25) is 0 Å². The summed E-state index contributed by atoms with van der Waals surface area (Å²) in [5, 5.41) is 3.48. The van der Waals surface area contributed by atoms with Gasteiger partial charge in [0.25, 0.3) is 6.43 Å². The highest BCUT2D eigenvalue weighted by molar-refractivity contribution is 5.90. The number of aryl methyl sites for hydroxylation is 1. The molecule has 0 aliphatic heterocycles. The third-order valence-corrected chi connectivity index (χ3v) is 2.40. The standard InChI is InChI=1S/C8H10F2N2O2.C5H6O2.C3H6F2N2O/c1-3-14-8(13)5-4-12(2)11-6(5)7(9)10;1-3-5(6)7-4-2;1-6-7-3(8)2(4)5/h4,7H,3H2,1-2H3;1H,4H2,2H3;2,6H,1H3,(H,7,8). The van der Waals surface area contributed by atoms with E-state index < -0.39 is 36.4 Å². The third kappa shape index (κ3) is 12.8. The zero-order valence-electron chi connectivity index (χ0n) is 16.2. The minimum absolute atomic E-state index is 0.149. The summed E-state index contributed by atoms with van der Waals surface area (Å²) in [5.41, 5.74) is 3.06. The molecule has 1 amide bonds. The van der Waals surface area contributed by atoms with Crippen LogP contribution in [0.3, 0.4) is 0 Å². The second-order valence-electron chi connectivity index (χ2n) is 4.53. The highest BCUT2D eigenvalue weighted by atomic mass is 19.3. The van der Waals surface area contributed by atoms with Gasteiger partial charge >= 0.3 is 24.3 Å². The topological polar surface area (TPSA) is 112 Å². The number of aromatic nitrogens is 2. The number of rotatable bonds is 6. The molecule has 9 nitrogen and oxygen atoms in total. The van der Waals surface area contributed by atoms with E-state index in [9.17, 15) is 31.9 Å². The quantitative estimate of drug-likeness (QED) is 0.231. The molecule has 0 aliphatic carbocycles. The lowest BCUT2D eigenvalue weighted by Gasteiger charge is -2.00. The van der Waals surface area contributed by atoms with Gasteiger partial charge in [0.05, 0.1) is 13.2 Å². The van der Waals surface area contributed by atoms with E-state index in [-0.39, 0.29) is 12.2 Å². The molecule has 2 N–H and O–H groups in total. The Hall–Kier alpha value is -3.14. The van der Waals surface area contributed by atoms with E-state index in [1.54, 1.807) is 25.2 Å². The number of terminal acetylenes is 1. The molecule has 1 rings (SSSR count). The van der Waals surface area contributed by atoms with Crippen molar-refractivity contribution in [3.8, 4) is 12.3 Å². The molecule has 0 spiro atoms. The summed E-state index contributed by atoms with van der Waals surface area (Å²) >= 11 is 0. The molecule has 0 atom stereocenters. The molecule has 0 unspecified atom stereocenters. The van der Waals surface area contributed by atoms with E-state index in [2.05, 4.69) is 26.4 Å². The lowest BCUT2D eigenvalue weighted by atomic mass is 10.2. The largest absolute Gasteiger partial charge is 0.462 e.